The molecule has 1 aliphatic carbocycles. The van der Waals surface area contributed by atoms with Crippen molar-refractivity contribution in [3.63, 3.8) is 0 Å². The lowest BCUT2D eigenvalue weighted by atomic mass is 9.84. The molecule has 0 aromatic carbocycles. The van der Waals surface area contributed by atoms with Crippen molar-refractivity contribution >= 4 is 16.3 Å². The molecule has 1 fully saturated rings. The highest BCUT2D eigenvalue weighted by Crippen LogP contribution is 2.40. The Hall–Kier alpha value is -0.870. The number of rotatable bonds is 2. The largest absolute Gasteiger partial charge is 0.393 e. The summed E-state index contributed by atoms with van der Waals surface area (Å²) in [4.78, 5) is 5.67. The van der Waals surface area contributed by atoms with E-state index in [0.29, 0.717) is 0 Å². The average Bonchev–Trinajstić information content (AvgIpc) is 2.81. The molecule has 0 radical (unpaired) electrons. The maximum Gasteiger partial charge on any atom is 0.193 e. The summed E-state index contributed by atoms with van der Waals surface area (Å²) in [6.45, 7) is 2.26. The van der Waals surface area contributed by atoms with Crippen LogP contribution in [0.1, 0.15) is 31.9 Å². The first-order valence-corrected chi connectivity index (χ1v) is 6.62. The highest BCUT2D eigenvalue weighted by Gasteiger charge is 2.34. The van der Waals surface area contributed by atoms with Gasteiger partial charge in [0.25, 0.3) is 0 Å². The molecule has 16 heavy (non-hydrogen) atoms. The molecule has 2 heterocycles. The van der Waals surface area contributed by atoms with E-state index in [9.17, 15) is 5.11 Å². The van der Waals surface area contributed by atoms with Crippen molar-refractivity contribution in [2.24, 2.45) is 5.41 Å². The molecular formula is C12H16N2OS. The van der Waals surface area contributed by atoms with E-state index in [0.717, 1.165) is 36.3 Å². The molecule has 0 amide bonds. The van der Waals surface area contributed by atoms with Crippen LogP contribution < -0.4 is 0 Å². The minimum Gasteiger partial charge on any atom is -0.393 e. The van der Waals surface area contributed by atoms with Crippen LogP contribution in [0, 0.1) is 5.41 Å². The lowest BCUT2D eigenvalue weighted by molar-refractivity contribution is 0.163. The number of thiazole rings is 1. The molecule has 3 nitrogen and oxygen atoms in total. The second-order valence-electron chi connectivity index (χ2n) is 5.21. The monoisotopic (exact) mass is 236 g/mol. The third-order valence-electron chi connectivity index (χ3n) is 3.56. The van der Waals surface area contributed by atoms with E-state index in [1.54, 1.807) is 11.3 Å². The molecule has 0 saturated heterocycles. The summed E-state index contributed by atoms with van der Waals surface area (Å²) in [6.07, 6.45) is 8.01. The molecule has 0 spiro atoms. The Morgan fingerprint density at radius 3 is 3.25 bits per heavy atom. The lowest BCUT2D eigenvalue weighted by Crippen LogP contribution is -2.16. The minimum atomic E-state index is -0.103. The van der Waals surface area contributed by atoms with Crippen LogP contribution in [0.15, 0.2) is 17.8 Å². The van der Waals surface area contributed by atoms with Gasteiger partial charge in [-0.05, 0) is 31.1 Å². The summed E-state index contributed by atoms with van der Waals surface area (Å²) in [7, 11) is 0. The van der Waals surface area contributed by atoms with E-state index in [2.05, 4.69) is 22.5 Å². The summed E-state index contributed by atoms with van der Waals surface area (Å²) in [5, 5.41) is 11.7. The molecule has 2 unspecified atom stereocenters. The van der Waals surface area contributed by atoms with Crippen LogP contribution in [-0.2, 0) is 6.42 Å². The third-order valence-corrected chi connectivity index (χ3v) is 4.33. The molecule has 0 aliphatic heterocycles. The molecule has 0 bridgehead atoms. The number of aliphatic hydroxyl groups is 1. The van der Waals surface area contributed by atoms with E-state index in [-0.39, 0.29) is 11.5 Å². The summed E-state index contributed by atoms with van der Waals surface area (Å²) in [6, 6.07) is 0. The quantitative estimate of drug-likeness (QED) is 0.870. The predicted molar refractivity (Wildman–Crippen MR) is 64.7 cm³/mol. The van der Waals surface area contributed by atoms with Gasteiger partial charge in [0.05, 0.1) is 11.8 Å². The zero-order chi connectivity index (χ0) is 11.2. The van der Waals surface area contributed by atoms with Gasteiger partial charge in [-0.25, -0.2) is 4.98 Å². The van der Waals surface area contributed by atoms with Gasteiger partial charge >= 0.3 is 0 Å². The molecule has 2 aromatic heterocycles. The van der Waals surface area contributed by atoms with E-state index in [4.69, 9.17) is 0 Å². The maximum absolute atomic E-state index is 9.62. The normalized spacial score (nSPS) is 30.2. The number of aliphatic hydroxyl groups excluding tert-OH is 1. The zero-order valence-electron chi connectivity index (χ0n) is 9.39. The molecule has 2 atom stereocenters. The molecule has 86 valence electrons. The average molecular weight is 236 g/mol. The van der Waals surface area contributed by atoms with Crippen LogP contribution >= 0.6 is 11.3 Å². The highest BCUT2D eigenvalue weighted by atomic mass is 32.1. The smallest absolute Gasteiger partial charge is 0.193 e. The number of nitrogens with zero attached hydrogens (tertiary/aromatic N) is 2. The first-order chi connectivity index (χ1) is 7.65. The molecule has 4 heteroatoms. The Morgan fingerprint density at radius 1 is 1.69 bits per heavy atom. The summed E-state index contributed by atoms with van der Waals surface area (Å²) >= 11 is 1.67. The standard InChI is InChI=1S/C12H16N2OS/c1-12(3-2-10(15)7-12)6-9-8-14-4-5-16-11(14)13-9/h4-5,8,10,15H,2-3,6-7H2,1H3. The lowest BCUT2D eigenvalue weighted by Gasteiger charge is -2.21. The maximum atomic E-state index is 9.62. The van der Waals surface area contributed by atoms with Crippen LogP contribution in [0.4, 0.5) is 0 Å². The Morgan fingerprint density at radius 2 is 2.56 bits per heavy atom. The van der Waals surface area contributed by atoms with E-state index < -0.39 is 0 Å². The first-order valence-electron chi connectivity index (χ1n) is 5.74. The van der Waals surface area contributed by atoms with E-state index >= 15 is 0 Å². The summed E-state index contributed by atoms with van der Waals surface area (Å²) in [5.74, 6) is 0. The van der Waals surface area contributed by atoms with E-state index in [1.165, 1.54) is 0 Å². The van der Waals surface area contributed by atoms with Crippen LogP contribution in [0.2, 0.25) is 0 Å². The number of aromatic nitrogens is 2. The molecule has 1 N–H and O–H groups in total. The fraction of sp³-hybridized carbons (Fsp3) is 0.583. The third kappa shape index (κ3) is 1.76. The highest BCUT2D eigenvalue weighted by molar-refractivity contribution is 7.15. The number of hydrogen-bond donors (Lipinski definition) is 1. The van der Waals surface area contributed by atoms with Gasteiger partial charge in [-0.15, -0.1) is 11.3 Å². The molecular weight excluding hydrogens is 220 g/mol. The minimum absolute atomic E-state index is 0.103. The van der Waals surface area contributed by atoms with Crippen LogP contribution in [0.3, 0.4) is 0 Å². The van der Waals surface area contributed by atoms with Gasteiger partial charge in [-0.1, -0.05) is 6.92 Å². The Labute approximate surface area is 98.8 Å². The van der Waals surface area contributed by atoms with Crippen molar-refractivity contribution in [1.29, 1.82) is 0 Å². The van der Waals surface area contributed by atoms with Crippen molar-refractivity contribution in [3.05, 3.63) is 23.5 Å². The van der Waals surface area contributed by atoms with Gasteiger partial charge in [0.2, 0.25) is 0 Å². The summed E-state index contributed by atoms with van der Waals surface area (Å²) < 4.78 is 2.08. The van der Waals surface area contributed by atoms with Crippen molar-refractivity contribution in [2.75, 3.05) is 0 Å². The second kappa shape index (κ2) is 3.57. The van der Waals surface area contributed by atoms with E-state index in [1.807, 2.05) is 11.6 Å². The van der Waals surface area contributed by atoms with Gasteiger partial charge in [0, 0.05) is 17.8 Å². The molecule has 3 rings (SSSR count). The number of imidazole rings is 1. The summed E-state index contributed by atoms with van der Waals surface area (Å²) in [5.41, 5.74) is 1.40. The van der Waals surface area contributed by atoms with Crippen LogP contribution in [0.25, 0.3) is 4.96 Å². The molecule has 1 aliphatic rings. The molecule has 1 saturated carbocycles. The van der Waals surface area contributed by atoms with Crippen molar-refractivity contribution in [1.82, 2.24) is 9.38 Å². The van der Waals surface area contributed by atoms with Gasteiger partial charge in [0.15, 0.2) is 4.96 Å². The Balaban J connectivity index is 1.82. The Bertz CT molecular complexity index is 475. The van der Waals surface area contributed by atoms with Gasteiger partial charge in [0.1, 0.15) is 0 Å². The fourth-order valence-corrected chi connectivity index (χ4v) is 3.47. The van der Waals surface area contributed by atoms with Gasteiger partial charge in [-0.3, -0.25) is 4.40 Å². The van der Waals surface area contributed by atoms with Crippen molar-refractivity contribution in [2.45, 2.75) is 38.7 Å². The number of fused-ring (bicyclic) bond motifs is 1. The van der Waals surface area contributed by atoms with Crippen LogP contribution in [0.5, 0.6) is 0 Å². The van der Waals surface area contributed by atoms with Crippen LogP contribution in [-0.4, -0.2) is 20.6 Å². The van der Waals surface area contributed by atoms with Gasteiger partial charge < -0.3 is 5.11 Å². The predicted octanol–water partition coefficient (Wildman–Crippen LogP) is 2.49. The Kier molecular flexibility index (Phi) is 2.30. The zero-order valence-corrected chi connectivity index (χ0v) is 10.2. The fourth-order valence-electron chi connectivity index (χ4n) is 2.75. The number of hydrogen-bond acceptors (Lipinski definition) is 3. The SMILES string of the molecule is CC1(Cc2cn3ccsc3n2)CCC(O)C1. The van der Waals surface area contributed by atoms with Crippen molar-refractivity contribution < 1.29 is 5.11 Å². The van der Waals surface area contributed by atoms with Crippen molar-refractivity contribution in [3.8, 4) is 0 Å². The van der Waals surface area contributed by atoms with Gasteiger partial charge in [-0.2, -0.15) is 0 Å². The molecule has 2 aromatic rings. The topological polar surface area (TPSA) is 37.5 Å². The first kappa shape index (κ1) is 10.3. The second-order valence-corrected chi connectivity index (χ2v) is 6.08.